The summed E-state index contributed by atoms with van der Waals surface area (Å²) in [6.07, 6.45) is 0.734. The smallest absolute Gasteiger partial charge is 0.242 e. The zero-order valence-electron chi connectivity index (χ0n) is 8.91. The van der Waals surface area contributed by atoms with E-state index >= 15 is 0 Å². The van der Waals surface area contributed by atoms with Gasteiger partial charge in [0.05, 0.1) is 5.02 Å². The van der Waals surface area contributed by atoms with Crippen molar-refractivity contribution in [3.63, 3.8) is 0 Å². The van der Waals surface area contributed by atoms with Gasteiger partial charge in [0.2, 0.25) is 10.0 Å². The molecule has 0 aliphatic carbocycles. The lowest BCUT2D eigenvalue weighted by atomic mass is 10.3. The lowest BCUT2D eigenvalue weighted by Crippen LogP contribution is -2.36. The van der Waals surface area contributed by atoms with E-state index in [0.717, 1.165) is 25.1 Å². The molecule has 7 heteroatoms. The molecule has 94 valence electrons. The van der Waals surface area contributed by atoms with Crippen LogP contribution < -0.4 is 10.0 Å². The van der Waals surface area contributed by atoms with Gasteiger partial charge in [-0.25, -0.2) is 17.5 Å². The summed E-state index contributed by atoms with van der Waals surface area (Å²) in [7, 11) is -3.68. The second kappa shape index (κ2) is 4.89. The molecule has 17 heavy (non-hydrogen) atoms. The molecule has 2 N–H and O–H groups in total. The molecule has 1 fully saturated rings. The van der Waals surface area contributed by atoms with Crippen LogP contribution in [0.3, 0.4) is 0 Å². The van der Waals surface area contributed by atoms with Gasteiger partial charge >= 0.3 is 0 Å². The second-order valence-electron chi connectivity index (χ2n) is 3.89. The van der Waals surface area contributed by atoms with E-state index < -0.39 is 15.8 Å². The Hall–Kier alpha value is -0.690. The molecule has 1 aromatic rings. The zero-order valence-corrected chi connectivity index (χ0v) is 10.5. The van der Waals surface area contributed by atoms with E-state index in [1.54, 1.807) is 0 Å². The molecule has 0 unspecified atom stereocenters. The zero-order chi connectivity index (χ0) is 12.5. The van der Waals surface area contributed by atoms with Crippen molar-refractivity contribution in [2.24, 2.45) is 0 Å². The average Bonchev–Trinajstić information content (AvgIpc) is 2.68. The maximum atomic E-state index is 12.8. The maximum absolute atomic E-state index is 12.8. The van der Waals surface area contributed by atoms with Gasteiger partial charge in [-0.3, -0.25) is 0 Å². The lowest BCUT2D eigenvalue weighted by Gasteiger charge is -2.12. The first-order chi connectivity index (χ1) is 7.99. The molecule has 1 aliphatic rings. The van der Waals surface area contributed by atoms with Crippen molar-refractivity contribution < 1.29 is 12.8 Å². The van der Waals surface area contributed by atoms with Crippen LogP contribution in [-0.4, -0.2) is 27.5 Å². The van der Waals surface area contributed by atoms with Crippen molar-refractivity contribution in [1.82, 2.24) is 10.0 Å². The number of hydrogen-bond donors (Lipinski definition) is 2. The SMILES string of the molecule is O=S(=O)(N[C@@H]1CCNC1)c1ccc(F)cc1Cl. The second-order valence-corrected chi connectivity index (χ2v) is 5.98. The van der Waals surface area contributed by atoms with Gasteiger partial charge in [-0.2, -0.15) is 0 Å². The van der Waals surface area contributed by atoms with Gasteiger partial charge in [0.25, 0.3) is 0 Å². The van der Waals surface area contributed by atoms with Crippen LogP contribution in [-0.2, 0) is 10.0 Å². The Labute approximate surface area is 104 Å². The summed E-state index contributed by atoms with van der Waals surface area (Å²) < 4.78 is 39.3. The molecule has 0 aromatic heterocycles. The largest absolute Gasteiger partial charge is 0.315 e. The van der Waals surface area contributed by atoms with Crippen LogP contribution in [0.5, 0.6) is 0 Å². The summed E-state index contributed by atoms with van der Waals surface area (Å²) in [4.78, 5) is -0.0903. The molecule has 0 bridgehead atoms. The van der Waals surface area contributed by atoms with Gasteiger partial charge in [0.15, 0.2) is 0 Å². The molecule has 1 aromatic carbocycles. The summed E-state index contributed by atoms with van der Waals surface area (Å²) >= 11 is 5.72. The number of nitrogens with one attached hydrogen (secondary N) is 2. The van der Waals surface area contributed by atoms with E-state index in [0.29, 0.717) is 6.54 Å². The number of halogens is 2. The molecule has 1 saturated heterocycles. The van der Waals surface area contributed by atoms with E-state index in [4.69, 9.17) is 11.6 Å². The first-order valence-electron chi connectivity index (χ1n) is 5.17. The predicted molar refractivity (Wildman–Crippen MR) is 63.0 cm³/mol. The molecule has 1 aliphatic heterocycles. The van der Waals surface area contributed by atoms with Gasteiger partial charge in [-0.05, 0) is 31.2 Å². The third-order valence-corrected chi connectivity index (χ3v) is 4.57. The van der Waals surface area contributed by atoms with E-state index in [-0.39, 0.29) is 16.0 Å². The highest BCUT2D eigenvalue weighted by atomic mass is 35.5. The average molecular weight is 279 g/mol. The Morgan fingerprint density at radius 1 is 1.47 bits per heavy atom. The molecule has 1 atom stereocenters. The van der Waals surface area contributed by atoms with E-state index in [1.165, 1.54) is 6.07 Å². The van der Waals surface area contributed by atoms with Crippen LogP contribution in [0.4, 0.5) is 4.39 Å². The van der Waals surface area contributed by atoms with Gasteiger partial charge in [0.1, 0.15) is 10.7 Å². The summed E-state index contributed by atoms with van der Waals surface area (Å²) in [6, 6.07) is 3.10. The highest BCUT2D eigenvalue weighted by molar-refractivity contribution is 7.89. The first-order valence-corrected chi connectivity index (χ1v) is 7.03. The predicted octanol–water partition coefficient (Wildman–Crippen LogP) is 1.12. The van der Waals surface area contributed by atoms with Crippen LogP contribution >= 0.6 is 11.6 Å². The Balaban J connectivity index is 2.24. The normalized spacial score (nSPS) is 20.7. The molecular formula is C10H12ClFN2O2S. The fourth-order valence-electron chi connectivity index (χ4n) is 1.73. The Morgan fingerprint density at radius 2 is 2.24 bits per heavy atom. The van der Waals surface area contributed by atoms with Gasteiger partial charge in [-0.15, -0.1) is 0 Å². The maximum Gasteiger partial charge on any atom is 0.242 e. The van der Waals surface area contributed by atoms with Gasteiger partial charge in [-0.1, -0.05) is 11.6 Å². The highest BCUT2D eigenvalue weighted by Crippen LogP contribution is 2.22. The third kappa shape index (κ3) is 2.95. The van der Waals surface area contributed by atoms with Gasteiger partial charge in [0, 0.05) is 12.6 Å². The number of rotatable bonds is 3. The number of sulfonamides is 1. The quantitative estimate of drug-likeness (QED) is 0.871. The molecule has 1 heterocycles. The van der Waals surface area contributed by atoms with E-state index in [1.807, 2.05) is 0 Å². The van der Waals surface area contributed by atoms with Crippen molar-refractivity contribution in [3.05, 3.63) is 29.0 Å². The molecular weight excluding hydrogens is 267 g/mol. The molecule has 4 nitrogen and oxygen atoms in total. The topological polar surface area (TPSA) is 58.2 Å². The fraction of sp³-hybridized carbons (Fsp3) is 0.400. The molecule has 2 rings (SSSR count). The fourth-order valence-corrected chi connectivity index (χ4v) is 3.53. The van der Waals surface area contributed by atoms with Crippen molar-refractivity contribution in [1.29, 1.82) is 0 Å². The van der Waals surface area contributed by atoms with E-state index in [2.05, 4.69) is 10.0 Å². The van der Waals surface area contributed by atoms with Crippen LogP contribution in [0, 0.1) is 5.82 Å². The van der Waals surface area contributed by atoms with Crippen molar-refractivity contribution >= 4 is 21.6 Å². The minimum Gasteiger partial charge on any atom is -0.315 e. The monoisotopic (exact) mass is 278 g/mol. The first kappa shape index (κ1) is 12.8. The highest BCUT2D eigenvalue weighted by Gasteiger charge is 2.24. The Kier molecular flexibility index (Phi) is 3.67. The lowest BCUT2D eigenvalue weighted by molar-refractivity contribution is 0.559. The molecule has 0 amide bonds. The Morgan fingerprint density at radius 3 is 2.82 bits per heavy atom. The Bertz CT molecular complexity index is 515. The molecule has 0 spiro atoms. The van der Waals surface area contributed by atoms with Gasteiger partial charge < -0.3 is 5.32 Å². The standard InChI is InChI=1S/C10H12ClFN2O2S/c11-9-5-7(12)1-2-10(9)17(15,16)14-8-3-4-13-6-8/h1-2,5,8,13-14H,3-4,6H2/t8-/m1/s1. The molecule has 0 saturated carbocycles. The summed E-state index contributed by atoms with van der Waals surface area (Å²) in [6.45, 7) is 1.38. The van der Waals surface area contributed by atoms with Crippen LogP contribution in [0.15, 0.2) is 23.1 Å². The van der Waals surface area contributed by atoms with Crippen molar-refractivity contribution in [3.8, 4) is 0 Å². The number of hydrogen-bond acceptors (Lipinski definition) is 3. The van der Waals surface area contributed by atoms with E-state index in [9.17, 15) is 12.8 Å². The third-order valence-electron chi connectivity index (χ3n) is 2.57. The summed E-state index contributed by atoms with van der Waals surface area (Å²) in [5.74, 6) is -0.559. The minimum atomic E-state index is -3.68. The molecule has 0 radical (unpaired) electrons. The van der Waals surface area contributed by atoms with Crippen LogP contribution in [0.25, 0.3) is 0 Å². The number of benzene rings is 1. The van der Waals surface area contributed by atoms with Crippen LogP contribution in [0.1, 0.15) is 6.42 Å². The van der Waals surface area contributed by atoms with Crippen molar-refractivity contribution in [2.75, 3.05) is 13.1 Å². The van der Waals surface area contributed by atoms with Crippen molar-refractivity contribution in [2.45, 2.75) is 17.4 Å². The minimum absolute atomic E-state index is 0.0903. The summed E-state index contributed by atoms with van der Waals surface area (Å²) in [5.41, 5.74) is 0. The summed E-state index contributed by atoms with van der Waals surface area (Å²) in [5, 5.41) is 2.94. The van der Waals surface area contributed by atoms with Crippen LogP contribution in [0.2, 0.25) is 5.02 Å².